The Kier molecular flexibility index (Phi) is 6.03. The molecule has 0 bridgehead atoms. The Bertz CT molecular complexity index is 618. The molecule has 1 saturated heterocycles. The van der Waals surface area contributed by atoms with Crippen LogP contribution in [0.2, 0.25) is 0 Å². The molecule has 1 aliphatic rings. The number of benzene rings is 1. The van der Waals surface area contributed by atoms with Crippen LogP contribution in [0.4, 0.5) is 10.1 Å². The second kappa shape index (κ2) is 8.01. The van der Waals surface area contributed by atoms with E-state index in [4.69, 9.17) is 0 Å². The topological polar surface area (TPSA) is 77.9 Å². The summed E-state index contributed by atoms with van der Waals surface area (Å²) in [7, 11) is 0. The summed E-state index contributed by atoms with van der Waals surface area (Å²) < 4.78 is 13.0. The van der Waals surface area contributed by atoms with Gasteiger partial charge in [0, 0.05) is 6.42 Å². The van der Waals surface area contributed by atoms with Gasteiger partial charge in [0.1, 0.15) is 11.9 Å². The fourth-order valence-electron chi connectivity index (χ4n) is 2.66. The summed E-state index contributed by atoms with van der Waals surface area (Å²) in [4.78, 5) is 37.3. The van der Waals surface area contributed by atoms with Gasteiger partial charge < -0.3 is 0 Å². The molecule has 1 fully saturated rings. The molecule has 1 N–H and O–H groups in total. The molecule has 130 valence electrons. The Hall–Kier alpha value is -2.28. The maximum absolute atomic E-state index is 13.0. The largest absolute Gasteiger partial charge is 0.285 e. The zero-order valence-corrected chi connectivity index (χ0v) is 13.6. The van der Waals surface area contributed by atoms with Crippen molar-refractivity contribution in [2.24, 2.45) is 0 Å². The minimum absolute atomic E-state index is 0.130. The Balaban J connectivity index is 2.02. The minimum atomic E-state index is -1.22. The second-order valence-electron chi connectivity index (χ2n) is 5.81. The molecule has 24 heavy (non-hydrogen) atoms. The van der Waals surface area contributed by atoms with E-state index in [1.165, 1.54) is 12.1 Å². The zero-order valence-electron chi connectivity index (χ0n) is 13.6. The zero-order chi connectivity index (χ0) is 17.7. The molecule has 7 heteroatoms. The fraction of sp³-hybridized carbons (Fsp3) is 0.471. The average molecular weight is 336 g/mol. The number of hydroxylamine groups is 2. The highest BCUT2D eigenvalue weighted by molar-refractivity contribution is 6.22. The summed E-state index contributed by atoms with van der Waals surface area (Å²) in [5, 5.41) is 10.4. The molecule has 0 radical (unpaired) electrons. The van der Waals surface area contributed by atoms with Crippen LogP contribution >= 0.6 is 0 Å². The van der Waals surface area contributed by atoms with Crippen LogP contribution in [0.1, 0.15) is 45.4 Å². The first-order valence-electron chi connectivity index (χ1n) is 8.09. The summed E-state index contributed by atoms with van der Waals surface area (Å²) in [5.41, 5.74) is 0.220. The quantitative estimate of drug-likeness (QED) is 0.359. The third-order valence-electron chi connectivity index (χ3n) is 4.00. The van der Waals surface area contributed by atoms with E-state index in [-0.39, 0.29) is 18.5 Å². The SMILES string of the molecule is CCCCCCC(=O)N(O)[C@@H]1CC(=O)N(c2ccc(F)cc2)C1=O. The van der Waals surface area contributed by atoms with E-state index in [0.717, 1.165) is 36.3 Å². The molecule has 1 atom stereocenters. The van der Waals surface area contributed by atoms with Gasteiger partial charge in [0.05, 0.1) is 12.1 Å². The minimum Gasteiger partial charge on any atom is -0.285 e. The number of amides is 3. The first kappa shape index (κ1) is 18.1. The van der Waals surface area contributed by atoms with Crippen LogP contribution in [0, 0.1) is 5.82 Å². The first-order valence-corrected chi connectivity index (χ1v) is 8.09. The number of carbonyl (C=O) groups is 3. The maximum Gasteiger partial charge on any atom is 0.259 e. The molecule has 3 amide bonds. The van der Waals surface area contributed by atoms with E-state index in [2.05, 4.69) is 0 Å². The van der Waals surface area contributed by atoms with Crippen molar-refractivity contribution in [3.63, 3.8) is 0 Å². The lowest BCUT2D eigenvalue weighted by atomic mass is 10.1. The standard InChI is InChI=1S/C17H21FN2O4/c1-2-3-4-5-6-15(21)20(24)14-11-16(22)19(17(14)23)13-9-7-12(18)8-10-13/h7-10,14,24H,2-6,11H2,1H3/t14-/m1/s1. The Labute approximate surface area is 139 Å². The van der Waals surface area contributed by atoms with E-state index >= 15 is 0 Å². The molecule has 6 nitrogen and oxygen atoms in total. The number of hydrogen-bond donors (Lipinski definition) is 1. The van der Waals surface area contributed by atoms with Crippen molar-refractivity contribution in [3.05, 3.63) is 30.1 Å². The summed E-state index contributed by atoms with van der Waals surface area (Å²) >= 11 is 0. The van der Waals surface area contributed by atoms with E-state index in [1.807, 2.05) is 6.92 Å². The number of hydrogen-bond acceptors (Lipinski definition) is 4. The van der Waals surface area contributed by atoms with E-state index in [1.54, 1.807) is 0 Å². The number of unbranched alkanes of at least 4 members (excludes halogenated alkanes) is 3. The molecule has 0 saturated carbocycles. The molecule has 0 aromatic heterocycles. The van der Waals surface area contributed by atoms with Gasteiger partial charge >= 0.3 is 0 Å². The molecule has 1 heterocycles. The molecule has 2 rings (SSSR count). The van der Waals surface area contributed by atoms with Crippen molar-refractivity contribution >= 4 is 23.4 Å². The molecule has 0 aliphatic carbocycles. The Morgan fingerprint density at radius 2 is 1.92 bits per heavy atom. The highest BCUT2D eigenvalue weighted by Crippen LogP contribution is 2.25. The van der Waals surface area contributed by atoms with Gasteiger partial charge in [-0.15, -0.1) is 0 Å². The number of nitrogens with zero attached hydrogens (tertiary/aromatic N) is 2. The summed E-state index contributed by atoms with van der Waals surface area (Å²) in [5.74, 6) is -2.27. The summed E-state index contributed by atoms with van der Waals surface area (Å²) in [6.45, 7) is 2.05. The molecular formula is C17H21FN2O4. The van der Waals surface area contributed by atoms with E-state index in [0.29, 0.717) is 11.5 Å². The van der Waals surface area contributed by atoms with E-state index in [9.17, 15) is 24.0 Å². The van der Waals surface area contributed by atoms with Crippen LogP contribution in [0.15, 0.2) is 24.3 Å². The number of rotatable bonds is 7. The van der Waals surface area contributed by atoms with Crippen LogP contribution in [-0.4, -0.2) is 34.0 Å². The van der Waals surface area contributed by atoms with Gasteiger partial charge in [0.15, 0.2) is 0 Å². The predicted molar refractivity (Wildman–Crippen MR) is 84.7 cm³/mol. The van der Waals surface area contributed by atoms with Gasteiger partial charge in [-0.1, -0.05) is 26.2 Å². The smallest absolute Gasteiger partial charge is 0.259 e. The van der Waals surface area contributed by atoms with Gasteiger partial charge in [-0.25, -0.2) is 14.4 Å². The average Bonchev–Trinajstić information content (AvgIpc) is 2.86. The number of halogens is 1. The monoisotopic (exact) mass is 336 g/mol. The molecule has 1 aromatic rings. The van der Waals surface area contributed by atoms with Crippen molar-refractivity contribution in [2.45, 2.75) is 51.5 Å². The normalized spacial score (nSPS) is 17.5. The van der Waals surface area contributed by atoms with Gasteiger partial charge in [-0.3, -0.25) is 19.6 Å². The van der Waals surface area contributed by atoms with Crippen molar-refractivity contribution in [3.8, 4) is 0 Å². The first-order chi connectivity index (χ1) is 11.5. The second-order valence-corrected chi connectivity index (χ2v) is 5.81. The lowest BCUT2D eigenvalue weighted by Gasteiger charge is -2.21. The predicted octanol–water partition coefficient (Wildman–Crippen LogP) is 2.65. The van der Waals surface area contributed by atoms with Gasteiger partial charge in [-0.05, 0) is 30.7 Å². The summed E-state index contributed by atoms with van der Waals surface area (Å²) in [6, 6.07) is 3.67. The highest BCUT2D eigenvalue weighted by atomic mass is 19.1. The Morgan fingerprint density at radius 1 is 1.25 bits per heavy atom. The molecular weight excluding hydrogens is 315 g/mol. The number of carbonyl (C=O) groups excluding carboxylic acids is 3. The lowest BCUT2D eigenvalue weighted by Crippen LogP contribution is -2.43. The van der Waals surface area contributed by atoms with Crippen LogP contribution in [0.5, 0.6) is 0 Å². The maximum atomic E-state index is 13.0. The van der Waals surface area contributed by atoms with Crippen molar-refractivity contribution < 1.29 is 24.0 Å². The molecule has 0 spiro atoms. The van der Waals surface area contributed by atoms with Gasteiger partial charge in [0.2, 0.25) is 11.8 Å². The fourth-order valence-corrected chi connectivity index (χ4v) is 2.66. The van der Waals surface area contributed by atoms with Crippen molar-refractivity contribution in [1.29, 1.82) is 0 Å². The van der Waals surface area contributed by atoms with Gasteiger partial charge in [-0.2, -0.15) is 0 Å². The van der Waals surface area contributed by atoms with E-state index < -0.39 is 29.6 Å². The van der Waals surface area contributed by atoms with Gasteiger partial charge in [0.25, 0.3) is 5.91 Å². The highest BCUT2D eigenvalue weighted by Gasteiger charge is 2.44. The third-order valence-corrected chi connectivity index (χ3v) is 4.00. The van der Waals surface area contributed by atoms with Crippen LogP contribution in [-0.2, 0) is 14.4 Å². The molecule has 0 unspecified atom stereocenters. The molecule has 1 aromatic carbocycles. The molecule has 1 aliphatic heterocycles. The number of anilines is 1. The number of imide groups is 1. The van der Waals surface area contributed by atoms with Crippen molar-refractivity contribution in [2.75, 3.05) is 4.90 Å². The van der Waals surface area contributed by atoms with Crippen LogP contribution in [0.3, 0.4) is 0 Å². The summed E-state index contributed by atoms with van der Waals surface area (Å²) in [6.07, 6.45) is 3.37. The van der Waals surface area contributed by atoms with Crippen LogP contribution < -0.4 is 4.90 Å². The lowest BCUT2D eigenvalue weighted by molar-refractivity contribution is -0.177. The Morgan fingerprint density at radius 3 is 2.54 bits per heavy atom. The third kappa shape index (κ3) is 3.97. The van der Waals surface area contributed by atoms with Crippen molar-refractivity contribution in [1.82, 2.24) is 5.06 Å². The van der Waals surface area contributed by atoms with Crippen LogP contribution in [0.25, 0.3) is 0 Å².